The minimum atomic E-state index is -1.03. The van der Waals surface area contributed by atoms with Gasteiger partial charge in [0.2, 0.25) is 0 Å². The van der Waals surface area contributed by atoms with Gasteiger partial charge in [-0.15, -0.1) is 0 Å². The van der Waals surface area contributed by atoms with E-state index >= 15 is 0 Å². The Hall–Kier alpha value is -2.74. The number of hydrogen-bond acceptors (Lipinski definition) is 5. The van der Waals surface area contributed by atoms with Gasteiger partial charge in [-0.25, -0.2) is 9.78 Å². The highest BCUT2D eigenvalue weighted by molar-refractivity contribution is 8.27. The van der Waals surface area contributed by atoms with E-state index in [1.807, 2.05) is 24.3 Å². The lowest BCUT2D eigenvalue weighted by Crippen LogP contribution is -2.27. The molecule has 0 aliphatic carbocycles. The summed E-state index contributed by atoms with van der Waals surface area (Å²) < 4.78 is 0.373. The number of halogens is 1. The summed E-state index contributed by atoms with van der Waals surface area (Å²) in [7, 11) is 0. The summed E-state index contributed by atoms with van der Waals surface area (Å²) >= 11 is 12.7. The highest BCUT2D eigenvalue weighted by Crippen LogP contribution is 2.36. The van der Waals surface area contributed by atoms with E-state index in [4.69, 9.17) is 28.9 Å². The van der Waals surface area contributed by atoms with Gasteiger partial charge >= 0.3 is 5.97 Å². The lowest BCUT2D eigenvalue weighted by molar-refractivity contribution is -0.113. The van der Waals surface area contributed by atoms with Crippen LogP contribution in [-0.4, -0.2) is 26.3 Å². The van der Waals surface area contributed by atoms with Crippen LogP contribution in [0.15, 0.2) is 59.5 Å². The number of carbonyl (C=O) groups is 2. The number of amides is 1. The molecule has 1 N–H and O–H groups in total. The van der Waals surface area contributed by atoms with Crippen LogP contribution in [0.1, 0.15) is 16.1 Å². The number of nitrogens with zero attached hydrogens (tertiary/aromatic N) is 2. The molecular weight excluding hydrogens is 416 g/mol. The molecule has 1 aromatic heterocycles. The number of hydrogen-bond donors (Lipinski definition) is 1. The molecule has 0 unspecified atom stereocenters. The average Bonchev–Trinajstić information content (AvgIpc) is 2.96. The fraction of sp³-hybridized carbons (Fsp3) is 0. The van der Waals surface area contributed by atoms with Crippen LogP contribution in [0.3, 0.4) is 0 Å². The normalized spacial score (nSPS) is 15.6. The number of thiocarbonyl (C=S) groups is 1. The summed E-state index contributed by atoms with van der Waals surface area (Å²) in [6.07, 6.45) is 1.67. The third-order valence-electron chi connectivity index (χ3n) is 4.14. The van der Waals surface area contributed by atoms with E-state index in [0.717, 1.165) is 5.39 Å². The largest absolute Gasteiger partial charge is 0.478 e. The summed E-state index contributed by atoms with van der Waals surface area (Å²) in [6, 6.07) is 15.2. The fourth-order valence-corrected chi connectivity index (χ4v) is 4.29. The van der Waals surface area contributed by atoms with Crippen molar-refractivity contribution >= 4 is 74.4 Å². The van der Waals surface area contributed by atoms with Crippen molar-refractivity contribution in [3.05, 3.63) is 75.8 Å². The first-order valence-corrected chi connectivity index (χ1v) is 9.71. The van der Waals surface area contributed by atoms with E-state index in [2.05, 4.69) is 4.98 Å². The lowest BCUT2D eigenvalue weighted by Gasteiger charge is -2.14. The Morgan fingerprint density at radius 2 is 1.89 bits per heavy atom. The molecule has 1 aliphatic heterocycles. The maximum absolute atomic E-state index is 12.8. The number of aromatic carboxylic acids is 1. The zero-order valence-electron chi connectivity index (χ0n) is 14.1. The van der Waals surface area contributed by atoms with Crippen LogP contribution in [0.4, 0.5) is 5.69 Å². The number of anilines is 1. The average molecular weight is 427 g/mol. The van der Waals surface area contributed by atoms with Crippen LogP contribution in [0, 0.1) is 0 Å². The first-order chi connectivity index (χ1) is 13.4. The molecule has 0 atom stereocenters. The fourth-order valence-electron chi connectivity index (χ4n) is 2.78. The number of benzene rings is 2. The van der Waals surface area contributed by atoms with Crippen molar-refractivity contribution in [2.45, 2.75) is 0 Å². The van der Waals surface area contributed by atoms with Crippen molar-refractivity contribution in [1.82, 2.24) is 4.98 Å². The molecule has 0 saturated carbocycles. The van der Waals surface area contributed by atoms with Crippen LogP contribution >= 0.6 is 35.6 Å². The SMILES string of the molecule is O=C(O)c1ccc(N2C(=O)C(=Cc3ccc4cccc(Cl)c4n3)SC2=S)cc1. The summed E-state index contributed by atoms with van der Waals surface area (Å²) in [5.74, 6) is -1.31. The first-order valence-electron chi connectivity index (χ1n) is 8.10. The van der Waals surface area contributed by atoms with Gasteiger partial charge < -0.3 is 5.11 Å². The second-order valence-electron chi connectivity index (χ2n) is 5.92. The number of aromatic nitrogens is 1. The van der Waals surface area contributed by atoms with Gasteiger partial charge in [0.15, 0.2) is 4.32 Å². The van der Waals surface area contributed by atoms with Gasteiger partial charge in [0, 0.05) is 5.39 Å². The van der Waals surface area contributed by atoms with Crippen LogP contribution in [0.5, 0.6) is 0 Å². The zero-order valence-corrected chi connectivity index (χ0v) is 16.5. The molecular formula is C20H11ClN2O3S2. The molecule has 3 aromatic rings. The van der Waals surface area contributed by atoms with Crippen molar-refractivity contribution in [2.24, 2.45) is 0 Å². The second-order valence-corrected chi connectivity index (χ2v) is 8.00. The Labute approximate surface area is 174 Å². The monoisotopic (exact) mass is 426 g/mol. The molecule has 8 heteroatoms. The van der Waals surface area contributed by atoms with E-state index < -0.39 is 5.97 Å². The number of carboxylic acid groups (broad SMARTS) is 1. The predicted molar refractivity (Wildman–Crippen MR) is 116 cm³/mol. The molecule has 138 valence electrons. The molecule has 0 spiro atoms. The van der Waals surface area contributed by atoms with E-state index in [0.29, 0.717) is 31.1 Å². The molecule has 1 aliphatic rings. The van der Waals surface area contributed by atoms with E-state index in [1.54, 1.807) is 24.3 Å². The number of carbonyl (C=O) groups excluding carboxylic acids is 1. The van der Waals surface area contributed by atoms with Gasteiger partial charge in [0.1, 0.15) is 0 Å². The number of para-hydroxylation sites is 1. The summed E-state index contributed by atoms with van der Waals surface area (Å²) in [4.78, 5) is 30.2. The van der Waals surface area contributed by atoms with Gasteiger partial charge in [0.05, 0.1) is 32.4 Å². The smallest absolute Gasteiger partial charge is 0.335 e. The van der Waals surface area contributed by atoms with Crippen LogP contribution in [0.2, 0.25) is 5.02 Å². The molecule has 2 heterocycles. The summed E-state index contributed by atoms with van der Waals surface area (Å²) in [5.41, 5.74) is 1.92. The third kappa shape index (κ3) is 3.40. The highest BCUT2D eigenvalue weighted by Gasteiger charge is 2.33. The number of rotatable bonds is 3. The lowest BCUT2D eigenvalue weighted by atomic mass is 10.2. The number of thioether (sulfide) groups is 1. The van der Waals surface area contributed by atoms with Gasteiger partial charge in [-0.1, -0.05) is 53.8 Å². The van der Waals surface area contributed by atoms with Crippen LogP contribution in [-0.2, 0) is 4.79 Å². The van der Waals surface area contributed by atoms with Gasteiger partial charge in [-0.05, 0) is 42.5 Å². The minimum Gasteiger partial charge on any atom is -0.478 e. The predicted octanol–water partition coefficient (Wildman–Crippen LogP) is 4.99. The number of carboxylic acids is 1. The Balaban J connectivity index is 1.67. The molecule has 5 nitrogen and oxygen atoms in total. The summed E-state index contributed by atoms with van der Waals surface area (Å²) in [6.45, 7) is 0. The van der Waals surface area contributed by atoms with Crippen molar-refractivity contribution < 1.29 is 14.7 Å². The topological polar surface area (TPSA) is 70.5 Å². The van der Waals surface area contributed by atoms with Gasteiger partial charge in [-0.2, -0.15) is 0 Å². The Bertz CT molecular complexity index is 1180. The molecule has 0 radical (unpaired) electrons. The van der Waals surface area contributed by atoms with Crippen molar-refractivity contribution in [2.75, 3.05) is 4.90 Å². The molecule has 28 heavy (non-hydrogen) atoms. The quantitative estimate of drug-likeness (QED) is 0.470. The van der Waals surface area contributed by atoms with E-state index in [9.17, 15) is 9.59 Å². The highest BCUT2D eigenvalue weighted by atomic mass is 35.5. The summed E-state index contributed by atoms with van der Waals surface area (Å²) in [5, 5.41) is 10.5. The second kappa shape index (κ2) is 7.35. The Morgan fingerprint density at radius 1 is 1.14 bits per heavy atom. The molecule has 4 rings (SSSR count). The van der Waals surface area contributed by atoms with Crippen LogP contribution in [0.25, 0.3) is 17.0 Å². The zero-order chi connectivity index (χ0) is 19.8. The maximum Gasteiger partial charge on any atom is 0.335 e. The van der Waals surface area contributed by atoms with Crippen molar-refractivity contribution in [3.63, 3.8) is 0 Å². The van der Waals surface area contributed by atoms with E-state index in [1.165, 1.54) is 28.8 Å². The minimum absolute atomic E-state index is 0.141. The molecule has 1 amide bonds. The van der Waals surface area contributed by atoms with E-state index in [-0.39, 0.29) is 11.5 Å². The molecule has 2 aromatic carbocycles. The molecule has 0 bridgehead atoms. The third-order valence-corrected chi connectivity index (χ3v) is 5.74. The van der Waals surface area contributed by atoms with Gasteiger partial charge in [0.25, 0.3) is 5.91 Å². The van der Waals surface area contributed by atoms with Crippen molar-refractivity contribution in [3.8, 4) is 0 Å². The standard InChI is InChI=1S/C20H11ClN2O3S2/c21-15-3-1-2-11-4-7-13(22-17(11)15)10-16-18(24)23(20(27)28-16)14-8-5-12(6-9-14)19(25)26/h1-10H,(H,25,26). The molecule has 1 fully saturated rings. The maximum atomic E-state index is 12.8. The number of pyridine rings is 1. The molecule has 1 saturated heterocycles. The van der Waals surface area contributed by atoms with Crippen LogP contribution < -0.4 is 4.90 Å². The number of fused-ring (bicyclic) bond motifs is 1. The van der Waals surface area contributed by atoms with Crippen molar-refractivity contribution in [1.29, 1.82) is 0 Å². The first kappa shape index (κ1) is 18.6. The Morgan fingerprint density at radius 3 is 2.61 bits per heavy atom. The Kier molecular flexibility index (Phi) is 4.89. The van der Waals surface area contributed by atoms with Gasteiger partial charge in [-0.3, -0.25) is 9.69 Å².